The summed E-state index contributed by atoms with van der Waals surface area (Å²) < 4.78 is 0. The summed E-state index contributed by atoms with van der Waals surface area (Å²) in [4.78, 5) is 35.4. The molecule has 7 heteroatoms. The summed E-state index contributed by atoms with van der Waals surface area (Å²) in [6.07, 6.45) is 0.506. The molecule has 164 valence electrons. The third-order valence-corrected chi connectivity index (χ3v) is 4.75. The normalized spacial score (nSPS) is 10.2. The highest BCUT2D eigenvalue weighted by Crippen LogP contribution is 2.12. The molecule has 0 fully saturated rings. The van der Waals surface area contributed by atoms with Crippen molar-refractivity contribution in [2.45, 2.75) is 25.9 Å². The predicted molar refractivity (Wildman–Crippen MR) is 122 cm³/mol. The van der Waals surface area contributed by atoms with Gasteiger partial charge in [0.1, 0.15) is 0 Å². The van der Waals surface area contributed by atoms with Crippen LogP contribution in [0.15, 0.2) is 78.9 Å². The van der Waals surface area contributed by atoms with Crippen LogP contribution < -0.4 is 16.0 Å². The minimum Gasteiger partial charge on any atom is -0.481 e. The van der Waals surface area contributed by atoms with Crippen LogP contribution in [0.3, 0.4) is 0 Å². The molecule has 3 rings (SSSR count). The Morgan fingerprint density at radius 1 is 0.719 bits per heavy atom. The average Bonchev–Trinajstić information content (AvgIpc) is 2.81. The Kier molecular flexibility index (Phi) is 7.97. The van der Waals surface area contributed by atoms with Crippen LogP contribution in [0.4, 0.5) is 10.5 Å². The highest BCUT2D eigenvalue weighted by atomic mass is 16.4. The fourth-order valence-corrected chi connectivity index (χ4v) is 3.12. The van der Waals surface area contributed by atoms with Crippen molar-refractivity contribution in [2.75, 3.05) is 5.32 Å². The number of amides is 3. The molecule has 0 heterocycles. The molecule has 3 aromatic rings. The fourth-order valence-electron chi connectivity index (χ4n) is 3.12. The van der Waals surface area contributed by atoms with E-state index in [4.69, 9.17) is 5.11 Å². The first-order chi connectivity index (χ1) is 15.5. The van der Waals surface area contributed by atoms with Crippen LogP contribution in [0.1, 0.15) is 33.5 Å². The standard InChI is InChI=1S/C25H25N3O4/c29-23(30)13-12-18-8-4-9-20(14-18)17-26-24(31)21-10-5-11-22(15-21)28-25(32)27-16-19-6-2-1-3-7-19/h1-11,14-15H,12-13,16-17H2,(H,26,31)(H,29,30)(H2,27,28,32). The molecule has 0 saturated heterocycles. The minimum absolute atomic E-state index is 0.0640. The van der Waals surface area contributed by atoms with Crippen molar-refractivity contribution in [1.29, 1.82) is 0 Å². The van der Waals surface area contributed by atoms with E-state index in [9.17, 15) is 14.4 Å². The second-order valence-electron chi connectivity index (χ2n) is 7.27. The SMILES string of the molecule is O=C(O)CCc1cccc(CNC(=O)c2cccc(NC(=O)NCc3ccccc3)c2)c1. The third-order valence-electron chi connectivity index (χ3n) is 4.75. The molecular formula is C25H25N3O4. The van der Waals surface area contributed by atoms with Crippen LogP contribution in [-0.2, 0) is 24.3 Å². The van der Waals surface area contributed by atoms with E-state index in [1.807, 2.05) is 54.6 Å². The van der Waals surface area contributed by atoms with Gasteiger partial charge in [-0.3, -0.25) is 9.59 Å². The number of carboxylic acid groups (broad SMARTS) is 1. The number of carbonyl (C=O) groups excluding carboxylic acids is 2. The van der Waals surface area contributed by atoms with Crippen molar-refractivity contribution < 1.29 is 19.5 Å². The first kappa shape index (κ1) is 22.6. The molecule has 3 aromatic carbocycles. The van der Waals surface area contributed by atoms with Crippen LogP contribution in [0.25, 0.3) is 0 Å². The number of carboxylic acids is 1. The first-order valence-corrected chi connectivity index (χ1v) is 10.3. The van der Waals surface area contributed by atoms with Crippen molar-refractivity contribution in [3.8, 4) is 0 Å². The summed E-state index contributed by atoms with van der Waals surface area (Å²) in [6, 6.07) is 23.4. The second kappa shape index (κ2) is 11.3. The van der Waals surface area contributed by atoms with Gasteiger partial charge in [0.05, 0.1) is 0 Å². The fraction of sp³-hybridized carbons (Fsp3) is 0.160. The molecule has 0 unspecified atom stereocenters. The summed E-state index contributed by atoms with van der Waals surface area (Å²) in [5, 5.41) is 17.2. The molecule has 0 atom stereocenters. The van der Waals surface area contributed by atoms with E-state index >= 15 is 0 Å². The predicted octanol–water partition coefficient (Wildman–Crippen LogP) is 3.96. The van der Waals surface area contributed by atoms with E-state index in [1.54, 1.807) is 24.3 Å². The van der Waals surface area contributed by atoms with Gasteiger partial charge in [0.25, 0.3) is 5.91 Å². The number of nitrogens with one attached hydrogen (secondary N) is 3. The van der Waals surface area contributed by atoms with E-state index in [2.05, 4.69) is 16.0 Å². The molecule has 0 aliphatic carbocycles. The maximum Gasteiger partial charge on any atom is 0.319 e. The van der Waals surface area contributed by atoms with Gasteiger partial charge in [0.15, 0.2) is 0 Å². The van der Waals surface area contributed by atoms with Gasteiger partial charge in [0.2, 0.25) is 0 Å². The lowest BCUT2D eigenvalue weighted by molar-refractivity contribution is -0.136. The lowest BCUT2D eigenvalue weighted by Crippen LogP contribution is -2.28. The average molecular weight is 431 g/mol. The van der Waals surface area contributed by atoms with Crippen LogP contribution in [0.5, 0.6) is 0 Å². The van der Waals surface area contributed by atoms with Gasteiger partial charge in [-0.25, -0.2) is 4.79 Å². The van der Waals surface area contributed by atoms with Crippen LogP contribution >= 0.6 is 0 Å². The molecule has 0 aliphatic rings. The smallest absolute Gasteiger partial charge is 0.319 e. The van der Waals surface area contributed by atoms with Gasteiger partial charge < -0.3 is 21.1 Å². The zero-order valence-electron chi connectivity index (χ0n) is 17.5. The Hall–Kier alpha value is -4.13. The number of aryl methyl sites for hydroxylation is 1. The molecule has 32 heavy (non-hydrogen) atoms. The van der Waals surface area contributed by atoms with Crippen molar-refractivity contribution >= 4 is 23.6 Å². The van der Waals surface area contributed by atoms with E-state index < -0.39 is 5.97 Å². The van der Waals surface area contributed by atoms with Gasteiger partial charge in [-0.15, -0.1) is 0 Å². The van der Waals surface area contributed by atoms with E-state index in [1.165, 1.54) is 0 Å². The summed E-state index contributed by atoms with van der Waals surface area (Å²) in [5.41, 5.74) is 3.72. The maximum atomic E-state index is 12.5. The monoisotopic (exact) mass is 431 g/mol. The van der Waals surface area contributed by atoms with Gasteiger partial charge >= 0.3 is 12.0 Å². The van der Waals surface area contributed by atoms with Crippen molar-refractivity contribution in [2.24, 2.45) is 0 Å². The number of carbonyl (C=O) groups is 3. The largest absolute Gasteiger partial charge is 0.481 e. The number of rotatable bonds is 9. The first-order valence-electron chi connectivity index (χ1n) is 10.3. The zero-order valence-corrected chi connectivity index (χ0v) is 17.5. The maximum absolute atomic E-state index is 12.5. The number of hydrogen-bond acceptors (Lipinski definition) is 3. The number of urea groups is 1. The Balaban J connectivity index is 1.52. The number of anilines is 1. The Morgan fingerprint density at radius 2 is 1.41 bits per heavy atom. The quantitative estimate of drug-likeness (QED) is 0.411. The summed E-state index contributed by atoms with van der Waals surface area (Å²) >= 11 is 0. The summed E-state index contributed by atoms with van der Waals surface area (Å²) in [5.74, 6) is -1.11. The molecule has 0 radical (unpaired) electrons. The lowest BCUT2D eigenvalue weighted by atomic mass is 10.1. The van der Waals surface area contributed by atoms with Crippen molar-refractivity contribution in [1.82, 2.24) is 10.6 Å². The zero-order chi connectivity index (χ0) is 22.8. The van der Waals surface area contributed by atoms with Gasteiger partial charge in [-0.1, -0.05) is 60.7 Å². The van der Waals surface area contributed by atoms with Crippen LogP contribution in [0, 0.1) is 0 Å². The van der Waals surface area contributed by atoms with Gasteiger partial charge in [-0.05, 0) is 41.3 Å². The number of hydrogen-bond donors (Lipinski definition) is 4. The van der Waals surface area contributed by atoms with Crippen LogP contribution in [-0.4, -0.2) is 23.0 Å². The van der Waals surface area contributed by atoms with Crippen molar-refractivity contribution in [3.63, 3.8) is 0 Å². The Bertz CT molecular complexity index is 1080. The lowest BCUT2D eigenvalue weighted by Gasteiger charge is -2.10. The highest BCUT2D eigenvalue weighted by Gasteiger charge is 2.08. The minimum atomic E-state index is -0.842. The third kappa shape index (κ3) is 7.28. The Morgan fingerprint density at radius 3 is 2.19 bits per heavy atom. The molecule has 0 aliphatic heterocycles. The van der Waals surface area contributed by atoms with Gasteiger partial charge in [-0.2, -0.15) is 0 Å². The van der Waals surface area contributed by atoms with Crippen LogP contribution in [0.2, 0.25) is 0 Å². The summed E-state index contributed by atoms with van der Waals surface area (Å²) in [6.45, 7) is 0.716. The topological polar surface area (TPSA) is 108 Å². The molecule has 4 N–H and O–H groups in total. The molecule has 0 aromatic heterocycles. The molecular weight excluding hydrogens is 406 g/mol. The second-order valence-corrected chi connectivity index (χ2v) is 7.27. The molecule has 0 spiro atoms. The van der Waals surface area contributed by atoms with Crippen molar-refractivity contribution in [3.05, 3.63) is 101 Å². The molecule has 0 bridgehead atoms. The number of aliphatic carboxylic acids is 1. The number of benzene rings is 3. The summed E-state index contributed by atoms with van der Waals surface area (Å²) in [7, 11) is 0. The molecule has 3 amide bonds. The molecule has 0 saturated carbocycles. The van der Waals surface area contributed by atoms with E-state index in [-0.39, 0.29) is 18.4 Å². The highest BCUT2D eigenvalue weighted by molar-refractivity contribution is 5.96. The van der Waals surface area contributed by atoms with E-state index in [0.29, 0.717) is 30.8 Å². The van der Waals surface area contributed by atoms with Gasteiger partial charge in [0, 0.05) is 30.8 Å². The Labute approximate surface area is 186 Å². The van der Waals surface area contributed by atoms with E-state index in [0.717, 1.165) is 16.7 Å². The molecule has 7 nitrogen and oxygen atoms in total.